The van der Waals surface area contributed by atoms with Crippen LogP contribution in [0.2, 0.25) is 0 Å². The van der Waals surface area contributed by atoms with Gasteiger partial charge in [0.1, 0.15) is 11.6 Å². The van der Waals surface area contributed by atoms with Gasteiger partial charge in [-0.05, 0) is 38.3 Å². The standard InChI is InChI=1S/C15H19N5O2/c1-10-17-15(20-19-10)11-6-7-16-13(9-11)18-14(21)5-4-12-3-2-8-22-12/h6-7,9,12H,2-5,8H2,1H3,(H,16,18,21)(H,17,19,20). The highest BCUT2D eigenvalue weighted by Crippen LogP contribution is 2.19. The molecule has 1 aliphatic heterocycles. The molecule has 7 heteroatoms. The van der Waals surface area contributed by atoms with Crippen molar-refractivity contribution in [2.75, 3.05) is 11.9 Å². The summed E-state index contributed by atoms with van der Waals surface area (Å²) in [6.07, 6.45) is 5.19. The summed E-state index contributed by atoms with van der Waals surface area (Å²) in [7, 11) is 0. The van der Waals surface area contributed by atoms with Gasteiger partial charge in [-0.15, -0.1) is 0 Å². The maximum atomic E-state index is 12.0. The fraction of sp³-hybridized carbons (Fsp3) is 0.467. The second-order valence-corrected chi connectivity index (χ2v) is 5.40. The van der Waals surface area contributed by atoms with Crippen molar-refractivity contribution >= 4 is 11.7 Å². The number of aromatic nitrogens is 4. The van der Waals surface area contributed by atoms with Crippen LogP contribution in [0.1, 0.15) is 31.5 Å². The highest BCUT2D eigenvalue weighted by atomic mass is 16.5. The number of nitrogens with zero attached hydrogens (tertiary/aromatic N) is 3. The van der Waals surface area contributed by atoms with Crippen LogP contribution < -0.4 is 5.32 Å². The number of hydrogen-bond acceptors (Lipinski definition) is 5. The molecule has 0 spiro atoms. The van der Waals surface area contributed by atoms with Crippen LogP contribution in [-0.2, 0) is 9.53 Å². The highest BCUT2D eigenvalue weighted by Gasteiger charge is 2.17. The third kappa shape index (κ3) is 3.67. The third-order valence-corrected chi connectivity index (χ3v) is 3.60. The van der Waals surface area contributed by atoms with E-state index < -0.39 is 0 Å². The summed E-state index contributed by atoms with van der Waals surface area (Å²) < 4.78 is 5.52. The lowest BCUT2D eigenvalue weighted by atomic mass is 10.1. The van der Waals surface area contributed by atoms with Crippen LogP contribution in [0.25, 0.3) is 11.4 Å². The van der Waals surface area contributed by atoms with Crippen molar-refractivity contribution in [2.45, 2.75) is 38.7 Å². The third-order valence-electron chi connectivity index (χ3n) is 3.60. The van der Waals surface area contributed by atoms with E-state index in [0.717, 1.165) is 37.3 Å². The summed E-state index contributed by atoms with van der Waals surface area (Å²) >= 11 is 0. The molecule has 1 saturated heterocycles. The van der Waals surface area contributed by atoms with Crippen molar-refractivity contribution in [2.24, 2.45) is 0 Å². The molecule has 2 aromatic heterocycles. The molecule has 116 valence electrons. The van der Waals surface area contributed by atoms with Gasteiger partial charge in [0, 0.05) is 24.8 Å². The molecule has 1 atom stereocenters. The molecule has 3 heterocycles. The first-order chi connectivity index (χ1) is 10.7. The Hall–Kier alpha value is -2.28. The summed E-state index contributed by atoms with van der Waals surface area (Å²) in [5.74, 6) is 1.80. The number of nitrogens with one attached hydrogen (secondary N) is 2. The fourth-order valence-corrected chi connectivity index (χ4v) is 2.48. The molecule has 0 saturated carbocycles. The van der Waals surface area contributed by atoms with Gasteiger partial charge < -0.3 is 10.1 Å². The summed E-state index contributed by atoms with van der Waals surface area (Å²) in [6, 6.07) is 3.58. The first-order valence-electron chi connectivity index (χ1n) is 7.47. The summed E-state index contributed by atoms with van der Waals surface area (Å²) in [6.45, 7) is 2.65. The lowest BCUT2D eigenvalue weighted by Crippen LogP contribution is -2.15. The number of carbonyl (C=O) groups is 1. The van der Waals surface area contributed by atoms with Gasteiger partial charge in [0.05, 0.1) is 6.10 Å². The number of hydrogen-bond donors (Lipinski definition) is 2. The normalized spacial score (nSPS) is 17.6. The molecule has 22 heavy (non-hydrogen) atoms. The Morgan fingerprint density at radius 1 is 1.55 bits per heavy atom. The van der Waals surface area contributed by atoms with E-state index in [1.807, 2.05) is 13.0 Å². The Kier molecular flexibility index (Phi) is 4.43. The predicted molar refractivity (Wildman–Crippen MR) is 81.2 cm³/mol. The maximum Gasteiger partial charge on any atom is 0.225 e. The van der Waals surface area contributed by atoms with Crippen LogP contribution in [-0.4, -0.2) is 38.8 Å². The molecule has 0 radical (unpaired) electrons. The van der Waals surface area contributed by atoms with Crippen LogP contribution in [0, 0.1) is 6.92 Å². The summed E-state index contributed by atoms with van der Waals surface area (Å²) in [5.41, 5.74) is 0.814. The second-order valence-electron chi connectivity index (χ2n) is 5.40. The van der Waals surface area contributed by atoms with E-state index in [-0.39, 0.29) is 12.0 Å². The number of pyridine rings is 1. The number of ether oxygens (including phenoxy) is 1. The largest absolute Gasteiger partial charge is 0.378 e. The predicted octanol–water partition coefficient (Wildman–Crippen LogP) is 2.07. The molecule has 0 aliphatic carbocycles. The fourth-order valence-electron chi connectivity index (χ4n) is 2.48. The van der Waals surface area contributed by atoms with E-state index in [0.29, 0.717) is 18.1 Å². The minimum atomic E-state index is -0.0497. The van der Waals surface area contributed by atoms with E-state index in [9.17, 15) is 4.79 Å². The van der Waals surface area contributed by atoms with E-state index in [1.54, 1.807) is 12.3 Å². The maximum absolute atomic E-state index is 12.0. The average Bonchev–Trinajstić information content (AvgIpc) is 3.17. The molecule has 3 rings (SSSR count). The van der Waals surface area contributed by atoms with Gasteiger partial charge >= 0.3 is 0 Å². The molecule has 1 fully saturated rings. The molecule has 7 nitrogen and oxygen atoms in total. The van der Waals surface area contributed by atoms with Crippen molar-refractivity contribution in [1.82, 2.24) is 20.2 Å². The number of carbonyl (C=O) groups excluding carboxylic acids is 1. The highest BCUT2D eigenvalue weighted by molar-refractivity contribution is 5.90. The van der Waals surface area contributed by atoms with Crippen LogP contribution in [0.3, 0.4) is 0 Å². The number of H-pyrrole nitrogens is 1. The van der Waals surface area contributed by atoms with Crippen LogP contribution in [0.5, 0.6) is 0 Å². The lowest BCUT2D eigenvalue weighted by Gasteiger charge is -2.09. The van der Waals surface area contributed by atoms with Crippen molar-refractivity contribution < 1.29 is 9.53 Å². The first-order valence-corrected chi connectivity index (χ1v) is 7.47. The van der Waals surface area contributed by atoms with Crippen molar-refractivity contribution in [3.63, 3.8) is 0 Å². The Morgan fingerprint density at radius 2 is 2.45 bits per heavy atom. The topological polar surface area (TPSA) is 92.8 Å². The number of amides is 1. The number of aryl methyl sites for hydroxylation is 1. The van der Waals surface area contributed by atoms with Crippen molar-refractivity contribution in [3.05, 3.63) is 24.2 Å². The molecule has 1 aliphatic rings. The van der Waals surface area contributed by atoms with E-state index in [4.69, 9.17) is 4.74 Å². The number of anilines is 1. The zero-order chi connectivity index (χ0) is 15.4. The SMILES string of the molecule is Cc1nc(-c2ccnc(NC(=O)CCC3CCCO3)c2)n[nH]1. The Bertz CT molecular complexity index is 649. The van der Waals surface area contributed by atoms with E-state index >= 15 is 0 Å². The summed E-state index contributed by atoms with van der Waals surface area (Å²) in [4.78, 5) is 20.4. The van der Waals surface area contributed by atoms with E-state index in [1.165, 1.54) is 0 Å². The average molecular weight is 301 g/mol. The van der Waals surface area contributed by atoms with Crippen molar-refractivity contribution in [3.8, 4) is 11.4 Å². The Balaban J connectivity index is 1.58. The molecule has 1 amide bonds. The van der Waals surface area contributed by atoms with E-state index in [2.05, 4.69) is 25.5 Å². The van der Waals surface area contributed by atoms with Gasteiger partial charge in [-0.3, -0.25) is 9.89 Å². The van der Waals surface area contributed by atoms with Gasteiger partial charge in [-0.25, -0.2) is 9.97 Å². The number of rotatable bonds is 5. The van der Waals surface area contributed by atoms with Crippen LogP contribution >= 0.6 is 0 Å². The van der Waals surface area contributed by atoms with Crippen molar-refractivity contribution in [1.29, 1.82) is 0 Å². The van der Waals surface area contributed by atoms with Gasteiger partial charge in [0.2, 0.25) is 5.91 Å². The smallest absolute Gasteiger partial charge is 0.225 e. The zero-order valence-corrected chi connectivity index (χ0v) is 12.5. The molecule has 2 aromatic rings. The van der Waals surface area contributed by atoms with Gasteiger partial charge in [0.15, 0.2) is 5.82 Å². The molecular weight excluding hydrogens is 282 g/mol. The van der Waals surface area contributed by atoms with Gasteiger partial charge in [-0.1, -0.05) is 0 Å². The molecule has 0 bridgehead atoms. The minimum Gasteiger partial charge on any atom is -0.378 e. The first kappa shape index (κ1) is 14.6. The number of aromatic amines is 1. The van der Waals surface area contributed by atoms with Gasteiger partial charge in [-0.2, -0.15) is 5.10 Å². The molecule has 1 unspecified atom stereocenters. The molecule has 0 aromatic carbocycles. The minimum absolute atomic E-state index is 0.0497. The summed E-state index contributed by atoms with van der Waals surface area (Å²) in [5, 5.41) is 9.71. The Labute approximate surface area is 128 Å². The molecule has 2 N–H and O–H groups in total. The van der Waals surface area contributed by atoms with Crippen LogP contribution in [0.4, 0.5) is 5.82 Å². The second kappa shape index (κ2) is 6.65. The van der Waals surface area contributed by atoms with Gasteiger partial charge in [0.25, 0.3) is 0 Å². The lowest BCUT2D eigenvalue weighted by molar-refractivity contribution is -0.116. The zero-order valence-electron chi connectivity index (χ0n) is 12.5. The quantitative estimate of drug-likeness (QED) is 0.882. The Morgan fingerprint density at radius 3 is 3.18 bits per heavy atom. The molecular formula is C15H19N5O2. The van der Waals surface area contributed by atoms with Crippen LogP contribution in [0.15, 0.2) is 18.3 Å². The monoisotopic (exact) mass is 301 g/mol.